The maximum atomic E-state index is 13.6. The number of aromatic nitrogens is 3. The third-order valence-electron chi connectivity index (χ3n) is 6.03. The van der Waals surface area contributed by atoms with Crippen molar-refractivity contribution in [3.63, 3.8) is 0 Å². The molecule has 6 heteroatoms. The standard InChI is InChI=1S/C27H25ClN4O/c1-19(25-9-5-6-16-29-25)32(24-14-15-24)26(33)17-21-18-31(23-7-3-2-4-8-23)30-27(21)20-10-12-22(28)13-11-20/h2-13,16,18-19,24H,14-15,17H2,1H3. The number of amides is 1. The van der Waals surface area contributed by atoms with Crippen LogP contribution in [0.4, 0.5) is 0 Å². The fraction of sp³-hybridized carbons (Fsp3) is 0.222. The van der Waals surface area contributed by atoms with Gasteiger partial charge in [0.15, 0.2) is 0 Å². The van der Waals surface area contributed by atoms with Crippen molar-refractivity contribution >= 4 is 17.5 Å². The largest absolute Gasteiger partial charge is 0.331 e. The average molecular weight is 457 g/mol. The molecule has 5 rings (SSSR count). The molecule has 1 fully saturated rings. The summed E-state index contributed by atoms with van der Waals surface area (Å²) in [5, 5.41) is 5.52. The van der Waals surface area contributed by atoms with Gasteiger partial charge in [0.1, 0.15) is 0 Å². The fourth-order valence-electron chi connectivity index (χ4n) is 4.21. The van der Waals surface area contributed by atoms with Gasteiger partial charge in [-0.3, -0.25) is 9.78 Å². The molecular formula is C27H25ClN4O. The van der Waals surface area contributed by atoms with E-state index in [0.717, 1.165) is 41.0 Å². The first-order valence-corrected chi connectivity index (χ1v) is 11.6. The topological polar surface area (TPSA) is 51.0 Å². The smallest absolute Gasteiger partial charge is 0.227 e. The molecule has 0 bridgehead atoms. The summed E-state index contributed by atoms with van der Waals surface area (Å²) in [6.45, 7) is 2.06. The Morgan fingerprint density at radius 1 is 1.06 bits per heavy atom. The molecule has 5 nitrogen and oxygen atoms in total. The van der Waals surface area contributed by atoms with Gasteiger partial charge in [0, 0.05) is 34.6 Å². The van der Waals surface area contributed by atoms with Crippen LogP contribution in [0.15, 0.2) is 85.2 Å². The third kappa shape index (κ3) is 4.69. The van der Waals surface area contributed by atoms with E-state index >= 15 is 0 Å². The first kappa shape index (κ1) is 21.4. The van der Waals surface area contributed by atoms with Gasteiger partial charge >= 0.3 is 0 Å². The first-order chi connectivity index (χ1) is 16.1. The Labute approximate surface area is 198 Å². The molecule has 0 aliphatic heterocycles. The van der Waals surface area contributed by atoms with Crippen molar-refractivity contribution in [3.8, 4) is 16.9 Å². The highest BCUT2D eigenvalue weighted by Crippen LogP contribution is 2.35. The zero-order valence-electron chi connectivity index (χ0n) is 18.4. The maximum absolute atomic E-state index is 13.6. The summed E-state index contributed by atoms with van der Waals surface area (Å²) in [5.74, 6) is 0.0958. The molecular weight excluding hydrogens is 432 g/mol. The van der Waals surface area contributed by atoms with Gasteiger partial charge in [0.25, 0.3) is 0 Å². The number of rotatable bonds is 7. The van der Waals surface area contributed by atoms with Crippen LogP contribution in [0.2, 0.25) is 5.02 Å². The van der Waals surface area contributed by atoms with Gasteiger partial charge in [-0.15, -0.1) is 0 Å². The molecule has 2 aromatic heterocycles. The Kier molecular flexibility index (Phi) is 5.97. The molecule has 1 unspecified atom stereocenters. The first-order valence-electron chi connectivity index (χ1n) is 11.2. The molecule has 1 aliphatic rings. The lowest BCUT2D eigenvalue weighted by Gasteiger charge is -2.29. The number of nitrogens with zero attached hydrogens (tertiary/aromatic N) is 4. The van der Waals surface area contributed by atoms with Crippen LogP contribution in [-0.2, 0) is 11.2 Å². The average Bonchev–Trinajstić information content (AvgIpc) is 3.59. The highest BCUT2D eigenvalue weighted by atomic mass is 35.5. The van der Waals surface area contributed by atoms with Crippen molar-refractivity contribution in [2.75, 3.05) is 0 Å². The van der Waals surface area contributed by atoms with Crippen LogP contribution in [0.1, 0.15) is 37.1 Å². The van der Waals surface area contributed by atoms with Crippen LogP contribution in [0.25, 0.3) is 16.9 Å². The minimum atomic E-state index is -0.0747. The van der Waals surface area contributed by atoms with Crippen LogP contribution in [0.5, 0.6) is 0 Å². The van der Waals surface area contributed by atoms with E-state index in [1.165, 1.54) is 0 Å². The number of carbonyl (C=O) groups is 1. The minimum Gasteiger partial charge on any atom is -0.331 e. The summed E-state index contributed by atoms with van der Waals surface area (Å²) in [6, 6.07) is 23.6. The maximum Gasteiger partial charge on any atom is 0.227 e. The van der Waals surface area contributed by atoms with Gasteiger partial charge in [0.05, 0.1) is 29.5 Å². The molecule has 33 heavy (non-hydrogen) atoms. The molecule has 1 aliphatic carbocycles. The van der Waals surface area contributed by atoms with Crippen LogP contribution in [0.3, 0.4) is 0 Å². The number of para-hydroxylation sites is 1. The highest BCUT2D eigenvalue weighted by Gasteiger charge is 2.37. The molecule has 1 atom stereocenters. The van der Waals surface area contributed by atoms with Crippen molar-refractivity contribution in [3.05, 3.63) is 101 Å². The van der Waals surface area contributed by atoms with E-state index in [4.69, 9.17) is 16.7 Å². The van der Waals surface area contributed by atoms with E-state index < -0.39 is 0 Å². The lowest BCUT2D eigenvalue weighted by atomic mass is 10.0. The molecule has 2 heterocycles. The summed E-state index contributed by atoms with van der Waals surface area (Å²) < 4.78 is 1.84. The Morgan fingerprint density at radius 3 is 2.45 bits per heavy atom. The van der Waals surface area contributed by atoms with Gasteiger partial charge in [-0.05, 0) is 56.2 Å². The van der Waals surface area contributed by atoms with Crippen LogP contribution in [0, 0.1) is 0 Å². The predicted octanol–water partition coefficient (Wildman–Crippen LogP) is 5.88. The van der Waals surface area contributed by atoms with Gasteiger partial charge in [-0.2, -0.15) is 5.10 Å². The van der Waals surface area contributed by atoms with Crippen molar-refractivity contribution in [1.82, 2.24) is 19.7 Å². The van der Waals surface area contributed by atoms with Crippen molar-refractivity contribution in [2.45, 2.75) is 38.3 Å². The number of benzene rings is 2. The van der Waals surface area contributed by atoms with E-state index in [9.17, 15) is 4.79 Å². The molecule has 166 valence electrons. The van der Waals surface area contributed by atoms with Crippen molar-refractivity contribution < 1.29 is 4.79 Å². The number of hydrogen-bond acceptors (Lipinski definition) is 3. The van der Waals surface area contributed by atoms with E-state index in [1.807, 2.05) is 88.6 Å². The zero-order chi connectivity index (χ0) is 22.8. The van der Waals surface area contributed by atoms with Gasteiger partial charge < -0.3 is 4.90 Å². The molecule has 2 aromatic carbocycles. The second-order valence-electron chi connectivity index (χ2n) is 8.43. The lowest BCUT2D eigenvalue weighted by Crippen LogP contribution is -2.37. The second kappa shape index (κ2) is 9.20. The van der Waals surface area contributed by atoms with Crippen LogP contribution in [-0.4, -0.2) is 31.6 Å². The number of pyridine rings is 1. The van der Waals surface area contributed by atoms with Crippen molar-refractivity contribution in [1.29, 1.82) is 0 Å². The minimum absolute atomic E-state index is 0.0747. The van der Waals surface area contributed by atoms with Gasteiger partial charge in [0.2, 0.25) is 5.91 Å². The zero-order valence-corrected chi connectivity index (χ0v) is 19.2. The molecule has 0 N–H and O–H groups in total. The number of halogens is 1. The predicted molar refractivity (Wildman–Crippen MR) is 130 cm³/mol. The number of hydrogen-bond donors (Lipinski definition) is 0. The SMILES string of the molecule is CC(c1ccccn1)N(C(=O)Cc1cn(-c2ccccc2)nc1-c1ccc(Cl)cc1)C1CC1. The summed E-state index contributed by atoms with van der Waals surface area (Å²) >= 11 is 6.11. The monoisotopic (exact) mass is 456 g/mol. The van der Waals surface area contributed by atoms with E-state index in [0.29, 0.717) is 5.02 Å². The third-order valence-corrected chi connectivity index (χ3v) is 6.28. The molecule has 0 saturated heterocycles. The molecule has 0 radical (unpaired) electrons. The molecule has 0 spiro atoms. The fourth-order valence-corrected chi connectivity index (χ4v) is 4.34. The second-order valence-corrected chi connectivity index (χ2v) is 8.87. The van der Waals surface area contributed by atoms with E-state index in [-0.39, 0.29) is 24.4 Å². The van der Waals surface area contributed by atoms with Gasteiger partial charge in [-0.25, -0.2) is 4.68 Å². The Hall–Kier alpha value is -3.44. The van der Waals surface area contributed by atoms with Crippen LogP contribution >= 0.6 is 11.6 Å². The highest BCUT2D eigenvalue weighted by molar-refractivity contribution is 6.30. The normalized spacial score (nSPS) is 14.1. The summed E-state index contributed by atoms with van der Waals surface area (Å²) in [4.78, 5) is 20.1. The van der Waals surface area contributed by atoms with Gasteiger partial charge in [-0.1, -0.05) is 48.0 Å². The van der Waals surface area contributed by atoms with E-state index in [2.05, 4.69) is 11.9 Å². The summed E-state index contributed by atoms with van der Waals surface area (Å²) in [6.07, 6.45) is 6.10. The Bertz CT molecular complexity index is 1230. The van der Waals surface area contributed by atoms with Crippen molar-refractivity contribution in [2.24, 2.45) is 0 Å². The molecule has 1 saturated carbocycles. The summed E-state index contributed by atoms with van der Waals surface area (Å²) in [7, 11) is 0. The molecule has 4 aromatic rings. The van der Waals surface area contributed by atoms with E-state index in [1.54, 1.807) is 6.20 Å². The Morgan fingerprint density at radius 2 is 1.79 bits per heavy atom. The van der Waals surface area contributed by atoms with Crippen LogP contribution < -0.4 is 0 Å². The quantitative estimate of drug-likeness (QED) is 0.349. The summed E-state index contributed by atoms with van der Waals surface area (Å²) in [5.41, 5.74) is 4.49. The number of carbonyl (C=O) groups excluding carboxylic acids is 1. The Balaban J connectivity index is 1.49. The lowest BCUT2D eigenvalue weighted by molar-refractivity contribution is -0.133. The molecule has 1 amide bonds.